The molecule has 0 fully saturated rings. The summed E-state index contributed by atoms with van der Waals surface area (Å²) in [5.74, 6) is -1.68. The van der Waals surface area contributed by atoms with Crippen LogP contribution in [0.4, 0.5) is 0 Å². The third-order valence-electron chi connectivity index (χ3n) is 1.98. The molecule has 80 valence electrons. The molecule has 0 saturated carbocycles. The van der Waals surface area contributed by atoms with Crippen molar-refractivity contribution in [3.63, 3.8) is 0 Å². The van der Waals surface area contributed by atoms with Crippen LogP contribution < -0.4 is 5.73 Å². The summed E-state index contributed by atoms with van der Waals surface area (Å²) in [5.41, 5.74) is 6.21. The lowest BCUT2D eigenvalue weighted by Gasteiger charge is -2.06. The number of aromatic carboxylic acids is 1. The lowest BCUT2D eigenvalue weighted by atomic mass is 10.0. The van der Waals surface area contributed by atoms with Crippen LogP contribution in [0.5, 0.6) is 0 Å². The van der Waals surface area contributed by atoms with Crippen LogP contribution in [0.25, 0.3) is 0 Å². The molecule has 0 spiro atoms. The number of hydrogen-bond donors (Lipinski definition) is 2. The number of carboxylic acid groups (broad SMARTS) is 1. The number of esters is 1. The van der Waals surface area contributed by atoms with Gasteiger partial charge in [0.05, 0.1) is 18.2 Å². The van der Waals surface area contributed by atoms with E-state index in [0.717, 1.165) is 0 Å². The van der Waals surface area contributed by atoms with E-state index in [-0.39, 0.29) is 17.7 Å². The molecule has 0 radical (unpaired) electrons. The summed E-state index contributed by atoms with van der Waals surface area (Å²) in [6.07, 6.45) is 0. The zero-order valence-electron chi connectivity index (χ0n) is 8.19. The summed E-state index contributed by atoms with van der Waals surface area (Å²) in [6.45, 7) is 0.157. The van der Waals surface area contributed by atoms with Crippen LogP contribution in [0, 0.1) is 0 Å². The van der Waals surface area contributed by atoms with Gasteiger partial charge >= 0.3 is 11.9 Å². The number of hydrogen-bond acceptors (Lipinski definition) is 4. The smallest absolute Gasteiger partial charge is 0.338 e. The summed E-state index contributed by atoms with van der Waals surface area (Å²) in [6, 6.07) is 4.17. The van der Waals surface area contributed by atoms with E-state index in [2.05, 4.69) is 4.74 Å². The predicted octanol–water partition coefficient (Wildman–Crippen LogP) is 0.630. The number of methoxy groups -OCH3 is 1. The van der Waals surface area contributed by atoms with Crippen LogP contribution in [-0.2, 0) is 11.3 Å². The van der Waals surface area contributed by atoms with Crippen molar-refractivity contribution < 1.29 is 19.4 Å². The second-order valence-electron chi connectivity index (χ2n) is 2.87. The molecule has 0 aliphatic heterocycles. The molecule has 0 aromatic heterocycles. The Balaban J connectivity index is 3.25. The number of carbonyl (C=O) groups is 2. The molecule has 0 amide bonds. The second kappa shape index (κ2) is 4.56. The highest BCUT2D eigenvalue weighted by Crippen LogP contribution is 2.13. The van der Waals surface area contributed by atoms with E-state index in [0.29, 0.717) is 5.56 Å². The van der Waals surface area contributed by atoms with Gasteiger partial charge in [-0.05, 0) is 17.7 Å². The van der Waals surface area contributed by atoms with Gasteiger partial charge in [-0.3, -0.25) is 0 Å². The Bertz CT molecular complexity index is 400. The van der Waals surface area contributed by atoms with E-state index >= 15 is 0 Å². The highest BCUT2D eigenvalue weighted by Gasteiger charge is 2.13. The van der Waals surface area contributed by atoms with Gasteiger partial charge in [-0.25, -0.2) is 9.59 Å². The summed E-state index contributed by atoms with van der Waals surface area (Å²) >= 11 is 0. The Morgan fingerprint density at radius 3 is 2.60 bits per heavy atom. The van der Waals surface area contributed by atoms with Gasteiger partial charge in [-0.15, -0.1) is 0 Å². The molecule has 15 heavy (non-hydrogen) atoms. The van der Waals surface area contributed by atoms with Crippen molar-refractivity contribution in [2.75, 3.05) is 7.11 Å². The minimum absolute atomic E-state index is 0.0348. The summed E-state index contributed by atoms with van der Waals surface area (Å²) in [4.78, 5) is 22.0. The molecule has 5 nitrogen and oxygen atoms in total. The second-order valence-corrected chi connectivity index (χ2v) is 2.87. The summed E-state index contributed by atoms with van der Waals surface area (Å²) in [5, 5.41) is 8.74. The topological polar surface area (TPSA) is 89.6 Å². The molecular formula is C10H11NO4. The molecule has 3 N–H and O–H groups in total. The van der Waals surface area contributed by atoms with Crippen LogP contribution in [0.1, 0.15) is 26.3 Å². The zero-order valence-corrected chi connectivity index (χ0v) is 8.19. The largest absolute Gasteiger partial charge is 0.478 e. The number of nitrogens with two attached hydrogens (primary N) is 1. The number of carbonyl (C=O) groups excluding carboxylic acids is 1. The third-order valence-corrected chi connectivity index (χ3v) is 1.98. The van der Waals surface area contributed by atoms with E-state index in [1.807, 2.05) is 0 Å². The molecule has 0 heterocycles. The molecule has 1 aromatic carbocycles. The van der Waals surface area contributed by atoms with E-state index in [1.54, 1.807) is 0 Å². The van der Waals surface area contributed by atoms with Gasteiger partial charge in [-0.1, -0.05) is 6.07 Å². The lowest BCUT2D eigenvalue weighted by Crippen LogP contribution is -2.11. The number of carboxylic acids is 1. The molecule has 0 unspecified atom stereocenters. The average Bonchev–Trinajstić information content (AvgIpc) is 2.27. The molecule has 1 rings (SSSR count). The van der Waals surface area contributed by atoms with Gasteiger partial charge in [0.15, 0.2) is 0 Å². The Morgan fingerprint density at radius 1 is 1.47 bits per heavy atom. The van der Waals surface area contributed by atoms with Crippen molar-refractivity contribution in [3.8, 4) is 0 Å². The van der Waals surface area contributed by atoms with Crippen LogP contribution in [0.3, 0.4) is 0 Å². The van der Waals surface area contributed by atoms with Crippen molar-refractivity contribution in [2.45, 2.75) is 6.54 Å². The molecule has 0 saturated heterocycles. The number of ether oxygens (including phenoxy) is 1. The molecule has 0 bridgehead atoms. The number of benzene rings is 1. The first kappa shape index (κ1) is 11.2. The van der Waals surface area contributed by atoms with E-state index in [9.17, 15) is 9.59 Å². The molecule has 0 aliphatic carbocycles. The summed E-state index contributed by atoms with van der Waals surface area (Å²) < 4.78 is 4.53. The van der Waals surface area contributed by atoms with Crippen LogP contribution in [-0.4, -0.2) is 24.2 Å². The Labute approximate surface area is 86.5 Å². The highest BCUT2D eigenvalue weighted by atomic mass is 16.5. The molecule has 1 aromatic rings. The first-order valence-corrected chi connectivity index (χ1v) is 4.24. The van der Waals surface area contributed by atoms with Gasteiger partial charge in [-0.2, -0.15) is 0 Å². The van der Waals surface area contributed by atoms with Crippen molar-refractivity contribution >= 4 is 11.9 Å². The van der Waals surface area contributed by atoms with Gasteiger partial charge in [0.2, 0.25) is 0 Å². The van der Waals surface area contributed by atoms with E-state index in [1.165, 1.54) is 25.3 Å². The van der Waals surface area contributed by atoms with Crippen molar-refractivity contribution in [2.24, 2.45) is 5.73 Å². The Morgan fingerprint density at radius 2 is 2.13 bits per heavy atom. The maximum Gasteiger partial charge on any atom is 0.338 e. The van der Waals surface area contributed by atoms with Crippen molar-refractivity contribution in [3.05, 3.63) is 34.9 Å². The zero-order chi connectivity index (χ0) is 11.4. The molecule has 0 atom stereocenters. The summed E-state index contributed by atoms with van der Waals surface area (Å²) in [7, 11) is 1.23. The predicted molar refractivity (Wildman–Crippen MR) is 52.6 cm³/mol. The first-order valence-electron chi connectivity index (χ1n) is 4.24. The van der Waals surface area contributed by atoms with Crippen LogP contribution in [0.2, 0.25) is 0 Å². The van der Waals surface area contributed by atoms with Gasteiger partial charge in [0, 0.05) is 6.54 Å². The third kappa shape index (κ3) is 2.32. The molecule has 5 heteroatoms. The first-order chi connectivity index (χ1) is 7.10. The quantitative estimate of drug-likeness (QED) is 0.712. The fourth-order valence-electron chi connectivity index (χ4n) is 1.19. The van der Waals surface area contributed by atoms with Gasteiger partial charge in [0.1, 0.15) is 0 Å². The fourth-order valence-corrected chi connectivity index (χ4v) is 1.19. The van der Waals surface area contributed by atoms with Gasteiger partial charge < -0.3 is 15.6 Å². The van der Waals surface area contributed by atoms with E-state index < -0.39 is 11.9 Å². The Hall–Kier alpha value is -1.88. The monoisotopic (exact) mass is 209 g/mol. The molecule has 0 aliphatic rings. The fraction of sp³-hybridized carbons (Fsp3) is 0.200. The van der Waals surface area contributed by atoms with E-state index in [4.69, 9.17) is 10.8 Å². The van der Waals surface area contributed by atoms with Crippen molar-refractivity contribution in [1.29, 1.82) is 0 Å². The SMILES string of the molecule is COC(=O)c1cc(C(=O)O)ccc1CN. The normalized spacial score (nSPS) is 9.73. The standard InChI is InChI=1S/C10H11NO4/c1-15-10(14)8-4-6(9(12)13)2-3-7(8)5-11/h2-4H,5,11H2,1H3,(H,12,13). The lowest BCUT2D eigenvalue weighted by molar-refractivity contribution is 0.0599. The number of rotatable bonds is 3. The maximum absolute atomic E-state index is 11.3. The Kier molecular flexibility index (Phi) is 3.41. The minimum atomic E-state index is -1.09. The van der Waals surface area contributed by atoms with Gasteiger partial charge in [0.25, 0.3) is 0 Å². The maximum atomic E-state index is 11.3. The molecular weight excluding hydrogens is 198 g/mol. The van der Waals surface area contributed by atoms with Crippen LogP contribution in [0.15, 0.2) is 18.2 Å². The highest BCUT2D eigenvalue weighted by molar-refractivity contribution is 5.95. The van der Waals surface area contributed by atoms with Crippen molar-refractivity contribution in [1.82, 2.24) is 0 Å². The van der Waals surface area contributed by atoms with Crippen LogP contribution >= 0.6 is 0 Å². The minimum Gasteiger partial charge on any atom is -0.478 e. The average molecular weight is 209 g/mol.